The summed E-state index contributed by atoms with van der Waals surface area (Å²) in [6, 6.07) is 13.3. The topological polar surface area (TPSA) is 76.1 Å². The Bertz CT molecular complexity index is 920. The van der Waals surface area contributed by atoms with Crippen LogP contribution in [0.3, 0.4) is 0 Å². The number of aromatic nitrogens is 2. The van der Waals surface area contributed by atoms with Crippen molar-refractivity contribution in [1.29, 1.82) is 0 Å². The summed E-state index contributed by atoms with van der Waals surface area (Å²) in [6.07, 6.45) is 0. The Labute approximate surface area is 164 Å². The predicted molar refractivity (Wildman–Crippen MR) is 107 cm³/mol. The van der Waals surface area contributed by atoms with Gasteiger partial charge < -0.3 is 15.4 Å². The minimum absolute atomic E-state index is 0.153. The molecule has 0 saturated carbocycles. The number of halogens is 1. The van der Waals surface area contributed by atoms with Crippen molar-refractivity contribution in [2.75, 3.05) is 23.0 Å². The second-order valence-corrected chi connectivity index (χ2v) is 7.47. The molecular weight excluding hydrogens is 387 g/mol. The first-order valence-electron chi connectivity index (χ1n) is 8.14. The summed E-state index contributed by atoms with van der Waals surface area (Å²) < 4.78 is 19.4. The smallest absolute Gasteiger partial charge is 0.234 e. The maximum atomic E-state index is 13.1. The Morgan fingerprint density at radius 3 is 2.89 bits per heavy atom. The van der Waals surface area contributed by atoms with Crippen LogP contribution in [0.5, 0.6) is 5.75 Å². The lowest BCUT2D eigenvalue weighted by atomic mass is 10.3. The maximum Gasteiger partial charge on any atom is 0.234 e. The van der Waals surface area contributed by atoms with Crippen molar-refractivity contribution in [3.05, 3.63) is 54.3 Å². The molecule has 2 aromatic carbocycles. The molecule has 0 bridgehead atoms. The monoisotopic (exact) mass is 404 g/mol. The number of rotatable bonds is 8. The minimum Gasteiger partial charge on any atom is -0.492 e. The minimum atomic E-state index is -0.396. The fourth-order valence-electron chi connectivity index (χ4n) is 2.18. The number of hydrogen-bond donors (Lipinski definition) is 2. The zero-order chi connectivity index (χ0) is 19.1. The molecule has 0 saturated heterocycles. The van der Waals surface area contributed by atoms with Crippen LogP contribution in [-0.4, -0.2) is 28.5 Å². The van der Waals surface area contributed by atoms with Gasteiger partial charge in [0.15, 0.2) is 4.34 Å². The second kappa shape index (κ2) is 9.33. The van der Waals surface area contributed by atoms with Gasteiger partial charge in [-0.3, -0.25) is 4.79 Å². The summed E-state index contributed by atoms with van der Waals surface area (Å²) in [5.74, 6) is 0.254. The zero-order valence-corrected chi connectivity index (χ0v) is 16.1. The van der Waals surface area contributed by atoms with E-state index in [1.165, 1.54) is 35.2 Å². The third kappa shape index (κ3) is 5.66. The van der Waals surface area contributed by atoms with E-state index in [4.69, 9.17) is 4.74 Å². The molecule has 0 radical (unpaired) electrons. The molecule has 6 nitrogen and oxygen atoms in total. The molecule has 9 heteroatoms. The number of anilines is 3. The van der Waals surface area contributed by atoms with Gasteiger partial charge in [-0.2, -0.15) is 0 Å². The largest absolute Gasteiger partial charge is 0.492 e. The highest BCUT2D eigenvalue weighted by Gasteiger charge is 2.10. The molecule has 27 heavy (non-hydrogen) atoms. The molecular formula is C18H17FN4O2S2. The van der Waals surface area contributed by atoms with E-state index in [1.807, 2.05) is 31.2 Å². The third-order valence-corrected chi connectivity index (χ3v) is 5.24. The number of ether oxygens (including phenoxy) is 1. The van der Waals surface area contributed by atoms with Crippen LogP contribution in [0, 0.1) is 5.82 Å². The van der Waals surface area contributed by atoms with Gasteiger partial charge in [-0.1, -0.05) is 41.3 Å². The molecule has 3 aromatic rings. The van der Waals surface area contributed by atoms with Gasteiger partial charge in [-0.15, -0.1) is 10.2 Å². The molecule has 3 rings (SSSR count). The first-order chi connectivity index (χ1) is 13.1. The van der Waals surface area contributed by atoms with Gasteiger partial charge in [-0.25, -0.2) is 4.39 Å². The number of nitrogens with one attached hydrogen (secondary N) is 2. The summed E-state index contributed by atoms with van der Waals surface area (Å²) >= 11 is 2.61. The summed E-state index contributed by atoms with van der Waals surface area (Å²) in [5.41, 5.74) is 1.23. The van der Waals surface area contributed by atoms with Crippen LogP contribution < -0.4 is 15.4 Å². The maximum absolute atomic E-state index is 13.1. The van der Waals surface area contributed by atoms with Crippen LogP contribution in [0.4, 0.5) is 20.9 Å². The van der Waals surface area contributed by atoms with Gasteiger partial charge in [0.05, 0.1) is 18.0 Å². The van der Waals surface area contributed by atoms with Crippen molar-refractivity contribution in [3.8, 4) is 5.75 Å². The first-order valence-corrected chi connectivity index (χ1v) is 9.95. The average molecular weight is 404 g/mol. The van der Waals surface area contributed by atoms with E-state index in [9.17, 15) is 9.18 Å². The quantitative estimate of drug-likeness (QED) is 0.537. The fourth-order valence-corrected chi connectivity index (χ4v) is 3.74. The molecule has 0 fully saturated rings. The van der Waals surface area contributed by atoms with E-state index < -0.39 is 5.82 Å². The van der Waals surface area contributed by atoms with Crippen LogP contribution in [0.25, 0.3) is 0 Å². The zero-order valence-electron chi connectivity index (χ0n) is 14.4. The Morgan fingerprint density at radius 2 is 2.07 bits per heavy atom. The van der Waals surface area contributed by atoms with Crippen molar-refractivity contribution in [2.45, 2.75) is 11.3 Å². The van der Waals surface area contributed by atoms with E-state index in [1.54, 1.807) is 12.1 Å². The lowest BCUT2D eigenvalue weighted by molar-refractivity contribution is -0.113. The van der Waals surface area contributed by atoms with Crippen LogP contribution in [0.1, 0.15) is 6.92 Å². The highest BCUT2D eigenvalue weighted by atomic mass is 32.2. The normalized spacial score (nSPS) is 10.4. The Morgan fingerprint density at radius 1 is 1.22 bits per heavy atom. The number of hydrogen-bond acceptors (Lipinski definition) is 7. The Balaban J connectivity index is 1.54. The summed E-state index contributed by atoms with van der Waals surface area (Å²) in [7, 11) is 0. The highest BCUT2D eigenvalue weighted by molar-refractivity contribution is 8.01. The number of carbonyl (C=O) groups excluding carboxylic acids is 1. The predicted octanol–water partition coefficient (Wildman–Crippen LogP) is 4.55. The fraction of sp³-hybridized carbons (Fsp3) is 0.167. The molecule has 0 aliphatic rings. The number of thioether (sulfide) groups is 1. The average Bonchev–Trinajstić information content (AvgIpc) is 3.09. The molecule has 0 aliphatic heterocycles. The number of nitrogens with zero attached hydrogens (tertiary/aromatic N) is 2. The van der Waals surface area contributed by atoms with Gasteiger partial charge in [0.2, 0.25) is 11.0 Å². The Kier molecular flexibility index (Phi) is 6.61. The van der Waals surface area contributed by atoms with Crippen molar-refractivity contribution in [1.82, 2.24) is 10.2 Å². The van der Waals surface area contributed by atoms with Gasteiger partial charge >= 0.3 is 0 Å². The number of para-hydroxylation sites is 2. The lowest BCUT2D eigenvalue weighted by Gasteiger charge is -2.09. The molecule has 2 N–H and O–H groups in total. The van der Waals surface area contributed by atoms with Crippen LogP contribution >= 0.6 is 23.1 Å². The third-order valence-electron chi connectivity index (χ3n) is 3.27. The molecule has 0 atom stereocenters. The molecule has 0 unspecified atom stereocenters. The standard InChI is InChI=1S/C18H17FN4O2S2/c1-2-25-15-9-4-3-8-14(15)21-17-22-23-18(27-17)26-11-16(24)20-13-7-5-6-12(19)10-13/h3-10H,2,11H2,1H3,(H,20,24)(H,21,22). The van der Waals surface area contributed by atoms with Gasteiger partial charge in [0.1, 0.15) is 11.6 Å². The van der Waals surface area contributed by atoms with Crippen molar-refractivity contribution >= 4 is 45.5 Å². The van der Waals surface area contributed by atoms with Crippen molar-refractivity contribution in [2.24, 2.45) is 0 Å². The SMILES string of the molecule is CCOc1ccccc1Nc1nnc(SCC(=O)Nc2cccc(F)c2)s1. The molecule has 1 amide bonds. The van der Waals surface area contributed by atoms with Crippen LogP contribution in [-0.2, 0) is 4.79 Å². The number of amides is 1. The number of benzene rings is 2. The van der Waals surface area contributed by atoms with Crippen LogP contribution in [0.15, 0.2) is 52.9 Å². The van der Waals surface area contributed by atoms with Crippen molar-refractivity contribution in [3.63, 3.8) is 0 Å². The molecule has 0 aliphatic carbocycles. The van der Waals surface area contributed by atoms with Crippen LogP contribution in [0.2, 0.25) is 0 Å². The van der Waals surface area contributed by atoms with E-state index >= 15 is 0 Å². The molecule has 140 valence electrons. The Hall–Kier alpha value is -2.65. The van der Waals surface area contributed by atoms with Gasteiger partial charge in [-0.05, 0) is 37.3 Å². The van der Waals surface area contributed by atoms with E-state index in [0.29, 0.717) is 21.8 Å². The summed E-state index contributed by atoms with van der Waals surface area (Å²) in [4.78, 5) is 12.0. The van der Waals surface area contributed by atoms with E-state index in [0.717, 1.165) is 11.4 Å². The van der Waals surface area contributed by atoms with E-state index in [-0.39, 0.29) is 11.7 Å². The van der Waals surface area contributed by atoms with Gasteiger partial charge in [0, 0.05) is 5.69 Å². The highest BCUT2D eigenvalue weighted by Crippen LogP contribution is 2.31. The van der Waals surface area contributed by atoms with Crippen molar-refractivity contribution < 1.29 is 13.9 Å². The molecule has 0 spiro atoms. The summed E-state index contributed by atoms with van der Waals surface area (Å²) in [5, 5.41) is 14.6. The molecule has 1 heterocycles. The second-order valence-electron chi connectivity index (χ2n) is 5.27. The number of carbonyl (C=O) groups is 1. The van der Waals surface area contributed by atoms with E-state index in [2.05, 4.69) is 20.8 Å². The first kappa shape index (κ1) is 19.1. The lowest BCUT2D eigenvalue weighted by Crippen LogP contribution is -2.13. The molecule has 1 aromatic heterocycles. The summed E-state index contributed by atoms with van der Waals surface area (Å²) in [6.45, 7) is 2.49. The van der Waals surface area contributed by atoms with Gasteiger partial charge in [0.25, 0.3) is 0 Å².